The average Bonchev–Trinajstić information content (AvgIpc) is 2.13. The van der Waals surface area contributed by atoms with Crippen LogP contribution in [0, 0.1) is 11.3 Å². The average molecular weight is 246 g/mol. The van der Waals surface area contributed by atoms with Gasteiger partial charge in [-0.2, -0.15) is 0 Å². The number of aliphatic carboxylic acids is 3. The lowest BCUT2D eigenvalue weighted by molar-refractivity contribution is -0.215. The van der Waals surface area contributed by atoms with Crippen LogP contribution in [0.5, 0.6) is 0 Å². The summed E-state index contributed by atoms with van der Waals surface area (Å²) in [6.45, 7) is 1.49. The van der Waals surface area contributed by atoms with Crippen molar-refractivity contribution in [2.24, 2.45) is 11.3 Å². The Morgan fingerprint density at radius 3 is 2.00 bits per heavy atom. The highest BCUT2D eigenvalue weighted by Crippen LogP contribution is 2.55. The van der Waals surface area contributed by atoms with Gasteiger partial charge in [0.15, 0.2) is 5.60 Å². The molecule has 0 radical (unpaired) electrons. The first-order chi connectivity index (χ1) is 7.68. The summed E-state index contributed by atoms with van der Waals surface area (Å²) in [5.41, 5.74) is -4.69. The third kappa shape index (κ3) is 1.66. The Morgan fingerprint density at radius 2 is 1.82 bits per heavy atom. The highest BCUT2D eigenvalue weighted by Gasteiger charge is 2.68. The minimum Gasteiger partial charge on any atom is -0.481 e. The van der Waals surface area contributed by atoms with Gasteiger partial charge in [-0.3, -0.25) is 9.59 Å². The molecule has 0 heterocycles. The number of carbonyl (C=O) groups is 3. The summed E-state index contributed by atoms with van der Waals surface area (Å²) >= 11 is 0. The third-order valence-corrected chi connectivity index (χ3v) is 3.69. The summed E-state index contributed by atoms with van der Waals surface area (Å²) in [5, 5.41) is 36.7. The van der Waals surface area contributed by atoms with Crippen molar-refractivity contribution in [3.63, 3.8) is 0 Å². The van der Waals surface area contributed by atoms with Gasteiger partial charge in [0.2, 0.25) is 0 Å². The summed E-state index contributed by atoms with van der Waals surface area (Å²) in [7, 11) is 0. The molecule has 96 valence electrons. The van der Waals surface area contributed by atoms with Gasteiger partial charge in [0, 0.05) is 0 Å². The Labute approximate surface area is 96.7 Å². The number of hydrogen-bond donors (Lipinski definition) is 4. The molecule has 1 aliphatic carbocycles. The predicted octanol–water partition coefficient (Wildman–Crippen LogP) is -0.222. The zero-order valence-corrected chi connectivity index (χ0v) is 9.21. The van der Waals surface area contributed by atoms with Crippen LogP contribution in [0.25, 0.3) is 0 Å². The van der Waals surface area contributed by atoms with Gasteiger partial charge >= 0.3 is 17.9 Å². The molecule has 17 heavy (non-hydrogen) atoms. The van der Waals surface area contributed by atoms with Crippen molar-refractivity contribution >= 4 is 17.9 Å². The summed E-state index contributed by atoms with van der Waals surface area (Å²) < 4.78 is 0. The Balaban J connectivity index is 3.25. The van der Waals surface area contributed by atoms with Crippen molar-refractivity contribution in [2.45, 2.75) is 31.8 Å². The van der Waals surface area contributed by atoms with E-state index in [1.54, 1.807) is 0 Å². The summed E-state index contributed by atoms with van der Waals surface area (Å²) in [5.74, 6) is -5.41. The van der Waals surface area contributed by atoms with E-state index in [1.165, 1.54) is 6.92 Å². The molecule has 0 bridgehead atoms. The van der Waals surface area contributed by atoms with Crippen LogP contribution in [-0.4, -0.2) is 43.9 Å². The van der Waals surface area contributed by atoms with Crippen LogP contribution in [0.1, 0.15) is 26.2 Å². The van der Waals surface area contributed by atoms with Gasteiger partial charge < -0.3 is 20.4 Å². The van der Waals surface area contributed by atoms with Crippen LogP contribution in [0.4, 0.5) is 0 Å². The van der Waals surface area contributed by atoms with Crippen LogP contribution in [0.2, 0.25) is 0 Å². The lowest BCUT2D eigenvalue weighted by Crippen LogP contribution is -2.66. The van der Waals surface area contributed by atoms with Gasteiger partial charge in [0.05, 0.1) is 6.42 Å². The first-order valence-electron chi connectivity index (χ1n) is 5.09. The Kier molecular flexibility index (Phi) is 3.15. The van der Waals surface area contributed by atoms with Crippen molar-refractivity contribution in [1.29, 1.82) is 0 Å². The van der Waals surface area contributed by atoms with Crippen molar-refractivity contribution in [2.75, 3.05) is 0 Å². The quantitative estimate of drug-likeness (QED) is 0.527. The fourth-order valence-electron chi connectivity index (χ4n) is 2.47. The third-order valence-electron chi connectivity index (χ3n) is 3.69. The van der Waals surface area contributed by atoms with Gasteiger partial charge in [0.1, 0.15) is 5.41 Å². The van der Waals surface area contributed by atoms with Gasteiger partial charge in [-0.1, -0.05) is 6.92 Å². The zero-order valence-electron chi connectivity index (χ0n) is 9.21. The molecule has 0 saturated heterocycles. The molecule has 1 saturated carbocycles. The maximum atomic E-state index is 11.2. The second-order valence-corrected chi connectivity index (χ2v) is 4.45. The van der Waals surface area contributed by atoms with Gasteiger partial charge in [-0.15, -0.1) is 0 Å². The van der Waals surface area contributed by atoms with E-state index >= 15 is 0 Å². The predicted molar refractivity (Wildman–Crippen MR) is 53.3 cm³/mol. The highest BCUT2D eigenvalue weighted by molar-refractivity contribution is 5.93. The van der Waals surface area contributed by atoms with Crippen LogP contribution >= 0.6 is 0 Å². The van der Waals surface area contributed by atoms with E-state index in [1.807, 2.05) is 0 Å². The summed E-state index contributed by atoms with van der Waals surface area (Å²) in [6.07, 6.45) is -0.722. The second-order valence-electron chi connectivity index (χ2n) is 4.45. The molecular formula is C10H14O7. The second kappa shape index (κ2) is 3.99. The van der Waals surface area contributed by atoms with Crippen LogP contribution < -0.4 is 0 Å². The molecule has 4 N–H and O–H groups in total. The molecular weight excluding hydrogens is 232 g/mol. The molecule has 1 fully saturated rings. The molecule has 3 unspecified atom stereocenters. The SMILES string of the molecule is CC1CCC1(C(=O)O)C(O)(CC(=O)O)C(=O)O. The molecule has 0 aliphatic heterocycles. The Hall–Kier alpha value is -1.63. The van der Waals surface area contributed by atoms with E-state index < -0.39 is 41.3 Å². The number of hydrogen-bond acceptors (Lipinski definition) is 4. The van der Waals surface area contributed by atoms with Crippen molar-refractivity contribution in [3.8, 4) is 0 Å². The van der Waals surface area contributed by atoms with E-state index in [0.29, 0.717) is 6.42 Å². The fraction of sp³-hybridized carbons (Fsp3) is 0.700. The zero-order chi connectivity index (χ0) is 13.4. The van der Waals surface area contributed by atoms with Crippen LogP contribution in [0.15, 0.2) is 0 Å². The maximum Gasteiger partial charge on any atom is 0.337 e. The number of carboxylic acid groups (broad SMARTS) is 3. The lowest BCUT2D eigenvalue weighted by atomic mass is 9.51. The fourth-order valence-corrected chi connectivity index (χ4v) is 2.47. The smallest absolute Gasteiger partial charge is 0.337 e. The molecule has 1 rings (SSSR count). The maximum absolute atomic E-state index is 11.2. The molecule has 0 aromatic rings. The normalized spacial score (nSPS) is 31.1. The van der Waals surface area contributed by atoms with Crippen LogP contribution in [0.3, 0.4) is 0 Å². The standard InChI is InChI=1S/C10H14O7/c1-5-2-3-9(5,7(13)14)10(17,8(15)16)4-6(11)12/h5,17H,2-4H2,1H3,(H,11,12)(H,13,14)(H,15,16). The highest BCUT2D eigenvalue weighted by atomic mass is 16.4. The minimum absolute atomic E-state index is 0.0421. The van der Waals surface area contributed by atoms with Gasteiger partial charge in [-0.05, 0) is 18.8 Å². The summed E-state index contributed by atoms with van der Waals surface area (Å²) in [4.78, 5) is 32.9. The minimum atomic E-state index is -2.78. The molecule has 0 aromatic heterocycles. The summed E-state index contributed by atoms with van der Waals surface area (Å²) in [6, 6.07) is 0. The number of aliphatic hydroxyl groups is 1. The molecule has 7 nitrogen and oxygen atoms in total. The van der Waals surface area contributed by atoms with E-state index in [-0.39, 0.29) is 6.42 Å². The van der Waals surface area contributed by atoms with E-state index in [9.17, 15) is 19.5 Å². The molecule has 0 aromatic carbocycles. The number of carboxylic acids is 3. The van der Waals surface area contributed by atoms with Crippen molar-refractivity contribution in [1.82, 2.24) is 0 Å². The first kappa shape index (κ1) is 13.4. The van der Waals surface area contributed by atoms with Crippen molar-refractivity contribution < 1.29 is 34.8 Å². The number of rotatable bonds is 5. The Bertz CT molecular complexity index is 377. The monoisotopic (exact) mass is 246 g/mol. The van der Waals surface area contributed by atoms with Gasteiger partial charge in [-0.25, -0.2) is 4.79 Å². The molecule has 0 amide bonds. The van der Waals surface area contributed by atoms with Crippen molar-refractivity contribution in [3.05, 3.63) is 0 Å². The topological polar surface area (TPSA) is 132 Å². The largest absolute Gasteiger partial charge is 0.481 e. The molecule has 3 atom stereocenters. The molecule has 0 spiro atoms. The molecule has 1 aliphatic rings. The van der Waals surface area contributed by atoms with E-state index in [4.69, 9.17) is 15.3 Å². The van der Waals surface area contributed by atoms with Gasteiger partial charge in [0.25, 0.3) is 0 Å². The lowest BCUT2D eigenvalue weighted by Gasteiger charge is -2.51. The first-order valence-corrected chi connectivity index (χ1v) is 5.09. The Morgan fingerprint density at radius 1 is 1.29 bits per heavy atom. The van der Waals surface area contributed by atoms with E-state index in [0.717, 1.165) is 0 Å². The van der Waals surface area contributed by atoms with Crippen LogP contribution in [-0.2, 0) is 14.4 Å². The van der Waals surface area contributed by atoms with E-state index in [2.05, 4.69) is 0 Å². The molecule has 7 heteroatoms.